The average Bonchev–Trinajstić information content (AvgIpc) is 2.37. The summed E-state index contributed by atoms with van der Waals surface area (Å²) in [6.45, 7) is 6.02. The second-order valence-electron chi connectivity index (χ2n) is 5.75. The highest BCUT2D eigenvalue weighted by molar-refractivity contribution is 8.00. The maximum absolute atomic E-state index is 11.9. The van der Waals surface area contributed by atoms with Crippen LogP contribution < -0.4 is 5.32 Å². The van der Waals surface area contributed by atoms with Gasteiger partial charge in [-0.15, -0.1) is 11.8 Å². The second-order valence-corrected chi connectivity index (χ2v) is 6.76. The summed E-state index contributed by atoms with van der Waals surface area (Å²) in [6.07, 6.45) is 0.357. The second kappa shape index (κ2) is 5.55. The van der Waals surface area contributed by atoms with E-state index in [4.69, 9.17) is 0 Å². The lowest BCUT2D eigenvalue weighted by molar-refractivity contribution is -0.126. The first kappa shape index (κ1) is 14.4. The molecule has 2 unspecified atom stereocenters. The highest BCUT2D eigenvalue weighted by atomic mass is 32.2. The van der Waals surface area contributed by atoms with Gasteiger partial charge in [-0.05, 0) is 25.0 Å². The predicted octanol–water partition coefficient (Wildman–Crippen LogP) is 2.36. The molecule has 1 aliphatic rings. The molecule has 4 heteroatoms. The molecule has 0 spiro atoms. The molecule has 1 aromatic carbocycles. The number of aliphatic hydroxyl groups excluding tert-OH is 1. The largest absolute Gasteiger partial charge is 0.392 e. The lowest BCUT2D eigenvalue weighted by atomic mass is 9.64. The zero-order valence-electron chi connectivity index (χ0n) is 11.6. The van der Waals surface area contributed by atoms with Gasteiger partial charge in [0.15, 0.2) is 0 Å². The normalized spacial score (nSPS) is 24.6. The first-order valence-corrected chi connectivity index (χ1v) is 7.55. The third-order valence-electron chi connectivity index (χ3n) is 4.00. The minimum Gasteiger partial charge on any atom is -0.392 e. The van der Waals surface area contributed by atoms with E-state index in [0.717, 1.165) is 4.90 Å². The molecule has 0 radical (unpaired) electrons. The highest BCUT2D eigenvalue weighted by Gasteiger charge is 2.47. The Hall–Kier alpha value is -1.00. The van der Waals surface area contributed by atoms with Crippen molar-refractivity contribution in [3.8, 4) is 0 Å². The van der Waals surface area contributed by atoms with Crippen molar-refractivity contribution in [2.24, 2.45) is 5.41 Å². The van der Waals surface area contributed by atoms with Crippen molar-refractivity contribution in [1.82, 2.24) is 5.32 Å². The number of nitrogens with one attached hydrogen (secondary N) is 1. The molecule has 1 fully saturated rings. The zero-order valence-corrected chi connectivity index (χ0v) is 12.5. The molecular formula is C15H21NO2S. The van der Waals surface area contributed by atoms with E-state index in [1.807, 2.05) is 45.0 Å². The summed E-state index contributed by atoms with van der Waals surface area (Å²) >= 11 is 1.56. The number of carbonyl (C=O) groups is 1. The van der Waals surface area contributed by atoms with E-state index in [-0.39, 0.29) is 23.5 Å². The maximum atomic E-state index is 11.9. The number of thioether (sulfide) groups is 1. The highest BCUT2D eigenvalue weighted by Crippen LogP contribution is 2.40. The third kappa shape index (κ3) is 3.12. The summed E-state index contributed by atoms with van der Waals surface area (Å²) in [4.78, 5) is 13.1. The molecule has 0 heterocycles. The van der Waals surface area contributed by atoms with Crippen LogP contribution >= 0.6 is 11.8 Å². The Labute approximate surface area is 118 Å². The van der Waals surface area contributed by atoms with E-state index >= 15 is 0 Å². The van der Waals surface area contributed by atoms with Crippen LogP contribution in [0.5, 0.6) is 0 Å². The summed E-state index contributed by atoms with van der Waals surface area (Å²) in [6, 6.07) is 8.15. The molecular weight excluding hydrogens is 258 g/mol. The van der Waals surface area contributed by atoms with Gasteiger partial charge in [0.1, 0.15) is 0 Å². The van der Waals surface area contributed by atoms with Crippen LogP contribution in [-0.4, -0.2) is 28.9 Å². The molecule has 0 aliphatic heterocycles. The Balaban J connectivity index is 1.82. The number of aliphatic hydroxyl groups is 1. The van der Waals surface area contributed by atoms with Crippen LogP contribution in [0.4, 0.5) is 0 Å². The lowest BCUT2D eigenvalue weighted by Gasteiger charge is -2.49. The number of hydrogen-bond donors (Lipinski definition) is 2. The molecule has 0 saturated heterocycles. The van der Waals surface area contributed by atoms with Crippen LogP contribution in [0.3, 0.4) is 0 Å². The van der Waals surface area contributed by atoms with Crippen LogP contribution in [0.15, 0.2) is 29.2 Å². The smallest absolute Gasteiger partial charge is 0.230 e. The minimum absolute atomic E-state index is 0.0400. The van der Waals surface area contributed by atoms with Gasteiger partial charge >= 0.3 is 0 Å². The van der Waals surface area contributed by atoms with Gasteiger partial charge < -0.3 is 10.4 Å². The van der Waals surface area contributed by atoms with Crippen molar-refractivity contribution in [3.05, 3.63) is 29.8 Å². The van der Waals surface area contributed by atoms with Gasteiger partial charge in [-0.3, -0.25) is 4.79 Å². The van der Waals surface area contributed by atoms with Gasteiger partial charge in [-0.25, -0.2) is 0 Å². The fourth-order valence-electron chi connectivity index (χ4n) is 2.25. The monoisotopic (exact) mass is 279 g/mol. The Morgan fingerprint density at radius 2 is 2.16 bits per heavy atom. The molecule has 1 amide bonds. The number of benzene rings is 1. The fraction of sp³-hybridized carbons (Fsp3) is 0.533. The van der Waals surface area contributed by atoms with Crippen LogP contribution in [0.25, 0.3) is 0 Å². The average molecular weight is 279 g/mol. The quantitative estimate of drug-likeness (QED) is 0.832. The minimum atomic E-state index is -0.304. The molecule has 2 atom stereocenters. The van der Waals surface area contributed by atoms with Gasteiger partial charge in [-0.2, -0.15) is 0 Å². The van der Waals surface area contributed by atoms with Gasteiger partial charge in [0.2, 0.25) is 5.91 Å². The first-order chi connectivity index (χ1) is 8.91. The Kier molecular flexibility index (Phi) is 4.21. The Morgan fingerprint density at radius 3 is 2.74 bits per heavy atom. The zero-order chi connectivity index (χ0) is 14.0. The molecule has 104 valence electrons. The molecule has 1 aromatic rings. The third-order valence-corrected chi connectivity index (χ3v) is 5.18. The number of carbonyl (C=O) groups excluding carboxylic acids is 1. The van der Waals surface area contributed by atoms with Gasteiger partial charge in [0.05, 0.1) is 11.9 Å². The molecule has 1 aliphatic carbocycles. The summed E-state index contributed by atoms with van der Waals surface area (Å²) < 4.78 is 0. The van der Waals surface area contributed by atoms with Crippen LogP contribution in [-0.2, 0) is 4.79 Å². The van der Waals surface area contributed by atoms with Crippen LogP contribution in [0.2, 0.25) is 0 Å². The molecule has 19 heavy (non-hydrogen) atoms. The summed E-state index contributed by atoms with van der Waals surface area (Å²) in [5, 5.41) is 12.7. The number of amides is 1. The first-order valence-electron chi connectivity index (χ1n) is 6.57. The van der Waals surface area contributed by atoms with Crippen molar-refractivity contribution in [2.75, 3.05) is 5.75 Å². The van der Waals surface area contributed by atoms with E-state index in [9.17, 15) is 9.90 Å². The number of hydrogen-bond acceptors (Lipinski definition) is 3. The molecule has 1 saturated carbocycles. The fourth-order valence-corrected chi connectivity index (χ4v) is 3.09. The summed E-state index contributed by atoms with van der Waals surface area (Å²) in [5.41, 5.74) is 0.989. The molecule has 0 bridgehead atoms. The van der Waals surface area contributed by atoms with Crippen LogP contribution in [0.1, 0.15) is 25.8 Å². The summed E-state index contributed by atoms with van der Waals surface area (Å²) in [7, 11) is 0. The lowest BCUT2D eigenvalue weighted by Crippen LogP contribution is -2.61. The van der Waals surface area contributed by atoms with E-state index < -0.39 is 0 Å². The SMILES string of the molecule is Cc1ccccc1SCC(=O)NC1CC(O)C1(C)C. The van der Waals surface area contributed by atoms with Crippen molar-refractivity contribution in [2.45, 2.75) is 44.2 Å². The van der Waals surface area contributed by atoms with E-state index in [2.05, 4.69) is 5.32 Å². The molecule has 2 N–H and O–H groups in total. The van der Waals surface area contributed by atoms with Crippen molar-refractivity contribution >= 4 is 17.7 Å². The summed E-state index contributed by atoms with van der Waals surface area (Å²) in [5.74, 6) is 0.464. The number of rotatable bonds is 4. The van der Waals surface area contributed by atoms with Gasteiger partial charge in [0, 0.05) is 16.4 Å². The molecule has 3 nitrogen and oxygen atoms in total. The predicted molar refractivity (Wildman–Crippen MR) is 78.2 cm³/mol. The van der Waals surface area contributed by atoms with Crippen LogP contribution in [0, 0.1) is 12.3 Å². The van der Waals surface area contributed by atoms with Crippen molar-refractivity contribution in [3.63, 3.8) is 0 Å². The standard InChI is InChI=1S/C15H21NO2S/c1-10-6-4-5-7-11(10)19-9-14(18)16-12-8-13(17)15(12,2)3/h4-7,12-13,17H,8-9H2,1-3H3,(H,16,18). The molecule has 2 rings (SSSR count). The van der Waals surface area contributed by atoms with Crippen molar-refractivity contribution in [1.29, 1.82) is 0 Å². The molecule has 0 aromatic heterocycles. The van der Waals surface area contributed by atoms with Gasteiger partial charge in [0.25, 0.3) is 0 Å². The van der Waals surface area contributed by atoms with E-state index in [1.54, 1.807) is 11.8 Å². The maximum Gasteiger partial charge on any atom is 0.230 e. The van der Waals surface area contributed by atoms with E-state index in [0.29, 0.717) is 12.2 Å². The number of aryl methyl sites for hydroxylation is 1. The topological polar surface area (TPSA) is 49.3 Å². The van der Waals surface area contributed by atoms with Gasteiger partial charge in [-0.1, -0.05) is 32.0 Å². The Morgan fingerprint density at radius 1 is 1.47 bits per heavy atom. The van der Waals surface area contributed by atoms with E-state index in [1.165, 1.54) is 5.56 Å². The Bertz CT molecular complexity index is 473. The van der Waals surface area contributed by atoms with Crippen molar-refractivity contribution < 1.29 is 9.90 Å².